The van der Waals surface area contributed by atoms with Crippen molar-refractivity contribution in [2.75, 3.05) is 24.5 Å². The molecule has 0 aliphatic carbocycles. The summed E-state index contributed by atoms with van der Waals surface area (Å²) in [5.74, 6) is -2.92. The number of anilines is 1. The zero-order chi connectivity index (χ0) is 25.2. The predicted molar refractivity (Wildman–Crippen MR) is 122 cm³/mol. The van der Waals surface area contributed by atoms with Gasteiger partial charge in [0.2, 0.25) is 0 Å². The molecule has 1 N–H and O–H groups in total. The summed E-state index contributed by atoms with van der Waals surface area (Å²) in [6.45, 7) is 3.09. The van der Waals surface area contributed by atoms with Gasteiger partial charge >= 0.3 is 12.1 Å². The number of carboxylic acids is 1. The van der Waals surface area contributed by atoms with E-state index in [9.17, 15) is 22.4 Å². The third kappa shape index (κ3) is 5.35. The summed E-state index contributed by atoms with van der Waals surface area (Å²) in [7, 11) is 0. The Morgan fingerprint density at radius 1 is 1.14 bits per heavy atom. The lowest BCUT2D eigenvalue weighted by molar-refractivity contribution is -0.192. The van der Waals surface area contributed by atoms with Gasteiger partial charge < -0.3 is 10.0 Å². The monoisotopic (exact) mass is 507 g/mol. The van der Waals surface area contributed by atoms with Gasteiger partial charge in [0.05, 0.1) is 16.9 Å². The van der Waals surface area contributed by atoms with Gasteiger partial charge in [-0.3, -0.25) is 14.7 Å². The number of hydrogen-bond acceptors (Lipinski definition) is 5. The molecule has 0 radical (unpaired) electrons. The van der Waals surface area contributed by atoms with Gasteiger partial charge in [-0.2, -0.15) is 24.5 Å². The number of thiophene rings is 1. The number of fused-ring (bicyclic) bond motifs is 2. The van der Waals surface area contributed by atoms with Crippen LogP contribution in [0.4, 0.5) is 23.2 Å². The Bertz CT molecular complexity index is 1220. The molecule has 1 saturated heterocycles. The van der Waals surface area contributed by atoms with Gasteiger partial charge in [-0.15, -0.1) is 0 Å². The highest BCUT2D eigenvalue weighted by atomic mass is 32.1. The summed E-state index contributed by atoms with van der Waals surface area (Å²) in [5, 5.41) is 11.0. The maximum atomic E-state index is 13.5. The number of alkyl halides is 3. The van der Waals surface area contributed by atoms with Crippen LogP contribution in [0.1, 0.15) is 28.0 Å². The second-order valence-corrected chi connectivity index (χ2v) is 9.23. The predicted octanol–water partition coefficient (Wildman–Crippen LogP) is 4.72. The lowest BCUT2D eigenvalue weighted by atomic mass is 9.85. The van der Waals surface area contributed by atoms with Crippen LogP contribution in [0.15, 0.2) is 59.4 Å². The third-order valence-corrected chi connectivity index (χ3v) is 6.71. The van der Waals surface area contributed by atoms with Crippen molar-refractivity contribution >= 4 is 28.9 Å². The van der Waals surface area contributed by atoms with Crippen molar-refractivity contribution in [3.8, 4) is 0 Å². The van der Waals surface area contributed by atoms with E-state index in [0.717, 1.165) is 42.0 Å². The summed E-state index contributed by atoms with van der Waals surface area (Å²) in [6, 6.07) is 12.5. The summed E-state index contributed by atoms with van der Waals surface area (Å²) in [5.41, 5.74) is 3.48. The van der Waals surface area contributed by atoms with Crippen LogP contribution in [0.5, 0.6) is 0 Å². The van der Waals surface area contributed by atoms with Gasteiger partial charge in [-0.25, -0.2) is 9.18 Å². The zero-order valence-corrected chi connectivity index (χ0v) is 19.2. The number of aliphatic carboxylic acids is 1. The van der Waals surface area contributed by atoms with Crippen LogP contribution in [0.2, 0.25) is 0 Å². The van der Waals surface area contributed by atoms with E-state index in [-0.39, 0.29) is 17.1 Å². The summed E-state index contributed by atoms with van der Waals surface area (Å²) in [6.07, 6.45) is -2.33. The van der Waals surface area contributed by atoms with Crippen LogP contribution < -0.4 is 4.90 Å². The molecule has 0 bridgehead atoms. The molecule has 35 heavy (non-hydrogen) atoms. The van der Waals surface area contributed by atoms with Crippen LogP contribution in [0.25, 0.3) is 0 Å². The molecule has 184 valence electrons. The first kappa shape index (κ1) is 24.8. The number of likely N-dealkylation sites (tertiary alicyclic amines) is 1. The highest BCUT2D eigenvalue weighted by Crippen LogP contribution is 2.45. The van der Waals surface area contributed by atoms with Crippen LogP contribution in [0.3, 0.4) is 0 Å². The van der Waals surface area contributed by atoms with Gasteiger partial charge in [0.1, 0.15) is 5.82 Å². The minimum Gasteiger partial charge on any atom is -0.475 e. The SMILES string of the molecule is O=C(O)C(F)(F)F.O=C(c1ccsc1)N1CC2(CCN(Cc3cccc(F)c3)C2)c2ncccc21. The van der Waals surface area contributed by atoms with Gasteiger partial charge in [0.15, 0.2) is 0 Å². The van der Waals surface area contributed by atoms with Crippen LogP contribution >= 0.6 is 11.3 Å². The standard InChI is InChI=1S/C22H20FN3OS.C2HF3O2/c23-18-4-1-3-16(11-18)12-25-9-7-22(14-25)15-26(19-5-2-8-24-20(19)22)21(27)17-6-10-28-13-17;3-2(4,5)1(6)7/h1-6,8,10-11,13H,7,9,12,14-15H2;(H,6,7). The van der Waals surface area contributed by atoms with Crippen molar-refractivity contribution in [3.63, 3.8) is 0 Å². The van der Waals surface area contributed by atoms with E-state index in [1.165, 1.54) is 17.4 Å². The molecule has 1 fully saturated rings. The Labute approximate surface area is 202 Å². The van der Waals surface area contributed by atoms with E-state index in [1.54, 1.807) is 12.1 Å². The Hall–Kier alpha value is -3.31. The number of carboxylic acid groups (broad SMARTS) is 1. The second-order valence-electron chi connectivity index (χ2n) is 8.45. The lowest BCUT2D eigenvalue weighted by Gasteiger charge is -2.25. The minimum atomic E-state index is -5.08. The zero-order valence-electron chi connectivity index (χ0n) is 18.3. The molecular formula is C24H21F4N3O3S. The Balaban J connectivity index is 0.000000364. The van der Waals surface area contributed by atoms with Crippen molar-refractivity contribution in [1.29, 1.82) is 0 Å². The first-order valence-electron chi connectivity index (χ1n) is 10.7. The molecule has 2 aromatic heterocycles. The number of aromatic nitrogens is 1. The first-order valence-corrected chi connectivity index (χ1v) is 11.6. The van der Waals surface area contributed by atoms with Gasteiger partial charge in [-0.1, -0.05) is 12.1 Å². The number of amides is 1. The molecule has 1 aromatic carbocycles. The summed E-state index contributed by atoms with van der Waals surface area (Å²) in [4.78, 5) is 30.9. The highest BCUT2D eigenvalue weighted by Gasteiger charge is 2.50. The smallest absolute Gasteiger partial charge is 0.475 e. The largest absolute Gasteiger partial charge is 0.490 e. The third-order valence-electron chi connectivity index (χ3n) is 6.02. The minimum absolute atomic E-state index is 0.0379. The first-order chi connectivity index (χ1) is 16.6. The molecule has 6 nitrogen and oxygen atoms in total. The molecule has 1 unspecified atom stereocenters. The second kappa shape index (κ2) is 9.74. The van der Waals surface area contributed by atoms with Gasteiger partial charge in [-0.05, 0) is 54.2 Å². The van der Waals surface area contributed by atoms with E-state index < -0.39 is 12.1 Å². The van der Waals surface area contributed by atoms with Crippen molar-refractivity contribution in [1.82, 2.24) is 9.88 Å². The Kier molecular flexibility index (Phi) is 6.91. The molecule has 5 rings (SSSR count). The number of halogens is 4. The molecule has 1 atom stereocenters. The van der Waals surface area contributed by atoms with E-state index in [2.05, 4.69) is 9.88 Å². The van der Waals surface area contributed by atoms with Crippen LogP contribution in [-0.4, -0.2) is 52.7 Å². The van der Waals surface area contributed by atoms with Crippen molar-refractivity contribution in [2.45, 2.75) is 24.6 Å². The van der Waals surface area contributed by atoms with Gasteiger partial charge in [0.25, 0.3) is 5.91 Å². The molecule has 4 heterocycles. The number of rotatable bonds is 3. The number of pyridine rings is 1. The molecule has 0 saturated carbocycles. The van der Waals surface area contributed by atoms with E-state index in [1.807, 2.05) is 46.1 Å². The van der Waals surface area contributed by atoms with Crippen molar-refractivity contribution in [2.24, 2.45) is 0 Å². The van der Waals surface area contributed by atoms with E-state index >= 15 is 0 Å². The number of benzene rings is 1. The molecule has 2 aliphatic heterocycles. The quantitative estimate of drug-likeness (QED) is 0.520. The molecule has 11 heteroatoms. The van der Waals surface area contributed by atoms with E-state index in [0.29, 0.717) is 13.1 Å². The highest BCUT2D eigenvalue weighted by molar-refractivity contribution is 7.08. The fourth-order valence-electron chi connectivity index (χ4n) is 4.52. The normalized spacial score (nSPS) is 19.4. The van der Waals surface area contributed by atoms with Crippen LogP contribution in [0, 0.1) is 5.82 Å². The molecule has 1 spiro atoms. The van der Waals surface area contributed by atoms with Crippen molar-refractivity contribution in [3.05, 3.63) is 82.1 Å². The Morgan fingerprint density at radius 2 is 1.91 bits per heavy atom. The average Bonchev–Trinajstić information content (AvgIpc) is 3.54. The fraction of sp³-hybridized carbons (Fsp3) is 0.292. The average molecular weight is 508 g/mol. The fourth-order valence-corrected chi connectivity index (χ4v) is 5.15. The maximum absolute atomic E-state index is 13.5. The summed E-state index contributed by atoms with van der Waals surface area (Å²) >= 11 is 1.53. The number of hydrogen-bond donors (Lipinski definition) is 1. The number of carbonyl (C=O) groups excluding carboxylic acids is 1. The van der Waals surface area contributed by atoms with E-state index in [4.69, 9.17) is 9.90 Å². The van der Waals surface area contributed by atoms with Gasteiger partial charge in [0, 0.05) is 36.6 Å². The number of carbonyl (C=O) groups is 2. The molecule has 2 aliphatic rings. The summed E-state index contributed by atoms with van der Waals surface area (Å²) < 4.78 is 45.3. The molecule has 3 aromatic rings. The van der Waals surface area contributed by atoms with Crippen LogP contribution in [-0.2, 0) is 16.8 Å². The maximum Gasteiger partial charge on any atom is 0.490 e. The Morgan fingerprint density at radius 3 is 2.57 bits per heavy atom. The topological polar surface area (TPSA) is 73.7 Å². The van der Waals surface area contributed by atoms with Crippen molar-refractivity contribution < 1.29 is 32.3 Å². The molecule has 1 amide bonds. The number of nitrogens with zero attached hydrogens (tertiary/aromatic N) is 3. The lowest BCUT2D eigenvalue weighted by Crippen LogP contribution is -2.39. The molecular weight excluding hydrogens is 486 g/mol.